The predicted molar refractivity (Wildman–Crippen MR) is 102 cm³/mol. The number of aromatic amines is 1. The Hall–Kier alpha value is -3.27. The summed E-state index contributed by atoms with van der Waals surface area (Å²) >= 11 is 0. The van der Waals surface area contributed by atoms with Crippen molar-refractivity contribution in [3.63, 3.8) is 0 Å². The van der Waals surface area contributed by atoms with Crippen LogP contribution in [0.15, 0.2) is 30.5 Å². The summed E-state index contributed by atoms with van der Waals surface area (Å²) in [7, 11) is 3.94. The number of benzene rings is 1. The third-order valence-electron chi connectivity index (χ3n) is 4.47. The third-order valence-corrected chi connectivity index (χ3v) is 4.47. The van der Waals surface area contributed by atoms with Crippen molar-refractivity contribution < 1.29 is 4.79 Å². The molecule has 0 radical (unpaired) electrons. The minimum Gasteiger partial charge on any atom is -0.351 e. The fourth-order valence-corrected chi connectivity index (χ4v) is 2.96. The molecule has 0 atom stereocenters. The Morgan fingerprint density at radius 2 is 2.23 bits per heavy atom. The van der Waals surface area contributed by atoms with Crippen LogP contribution in [0, 0.1) is 11.3 Å². The average Bonchev–Trinajstić information content (AvgIpc) is 2.66. The first-order valence-electron chi connectivity index (χ1n) is 8.57. The number of rotatable bonds is 6. The molecule has 0 aliphatic carbocycles. The van der Waals surface area contributed by atoms with Crippen LogP contribution in [-0.2, 0) is 13.5 Å². The third kappa shape index (κ3) is 3.26. The van der Waals surface area contributed by atoms with Crippen LogP contribution in [0.5, 0.6) is 0 Å². The van der Waals surface area contributed by atoms with Crippen LogP contribution in [0.2, 0.25) is 0 Å². The van der Waals surface area contributed by atoms with Crippen molar-refractivity contribution in [1.29, 1.82) is 5.26 Å². The summed E-state index contributed by atoms with van der Waals surface area (Å²) in [5, 5.41) is 14.5. The van der Waals surface area contributed by atoms with E-state index in [1.807, 2.05) is 60.2 Å². The molecule has 3 rings (SSSR count). The van der Waals surface area contributed by atoms with Gasteiger partial charge in [0.2, 0.25) is 0 Å². The molecule has 134 valence electrons. The second-order valence-corrected chi connectivity index (χ2v) is 6.15. The molecule has 0 unspecified atom stereocenters. The van der Waals surface area contributed by atoms with E-state index in [4.69, 9.17) is 5.26 Å². The van der Waals surface area contributed by atoms with E-state index in [9.17, 15) is 4.79 Å². The Labute approximate surface area is 152 Å². The lowest BCUT2D eigenvalue weighted by Crippen LogP contribution is -2.24. The highest BCUT2D eigenvalue weighted by molar-refractivity contribution is 5.95. The normalized spacial score (nSPS) is 10.7. The summed E-state index contributed by atoms with van der Waals surface area (Å²) in [5.41, 5.74) is 4.81. The lowest BCUT2D eigenvalue weighted by molar-refractivity contribution is 0.0954. The zero-order valence-electron chi connectivity index (χ0n) is 15.2. The summed E-state index contributed by atoms with van der Waals surface area (Å²) in [4.78, 5) is 18.7. The molecular formula is C19H22N6O. The maximum atomic E-state index is 12.2. The highest BCUT2D eigenvalue weighted by Gasteiger charge is 2.14. The number of aromatic nitrogens is 3. The minimum absolute atomic E-state index is 0.156. The molecule has 2 N–H and O–H groups in total. The van der Waals surface area contributed by atoms with E-state index in [-0.39, 0.29) is 5.91 Å². The number of hydrogen-bond donors (Lipinski definition) is 2. The topological polar surface area (TPSA) is 89.7 Å². The number of anilines is 2. The van der Waals surface area contributed by atoms with Gasteiger partial charge in [-0.2, -0.15) is 5.26 Å². The fraction of sp³-hybridized carbons (Fsp3) is 0.316. The van der Waals surface area contributed by atoms with Crippen molar-refractivity contribution in [2.75, 3.05) is 18.5 Å². The first-order valence-corrected chi connectivity index (χ1v) is 8.57. The summed E-state index contributed by atoms with van der Waals surface area (Å²) < 4.78 is 1.95. The van der Waals surface area contributed by atoms with Crippen LogP contribution in [0.25, 0.3) is 11.0 Å². The van der Waals surface area contributed by atoms with Gasteiger partial charge in [-0.25, -0.2) is 4.98 Å². The molecule has 26 heavy (non-hydrogen) atoms. The van der Waals surface area contributed by atoms with Crippen molar-refractivity contribution in [2.45, 2.75) is 19.8 Å². The van der Waals surface area contributed by atoms with Crippen LogP contribution >= 0.6 is 0 Å². The molecular weight excluding hydrogens is 328 g/mol. The molecule has 7 nitrogen and oxygen atoms in total. The van der Waals surface area contributed by atoms with E-state index >= 15 is 0 Å². The van der Waals surface area contributed by atoms with E-state index < -0.39 is 0 Å². The molecule has 3 aromatic rings. The molecule has 0 aliphatic heterocycles. The van der Waals surface area contributed by atoms with Gasteiger partial charge < -0.3 is 10.2 Å². The number of hydrogen-bond acceptors (Lipinski definition) is 4. The number of aryl methyl sites for hydroxylation is 2. The number of nitrogens with zero attached hydrogens (tertiary/aromatic N) is 4. The summed E-state index contributed by atoms with van der Waals surface area (Å²) in [6, 6.07) is 9.71. The van der Waals surface area contributed by atoms with Gasteiger partial charge in [-0.15, -0.1) is 0 Å². The van der Waals surface area contributed by atoms with Crippen molar-refractivity contribution in [1.82, 2.24) is 20.1 Å². The number of carbonyl (C=O) groups excluding carboxylic acids is 1. The predicted octanol–water partition coefficient (Wildman–Crippen LogP) is 2.88. The lowest BCUT2D eigenvalue weighted by Gasteiger charge is -2.23. The van der Waals surface area contributed by atoms with Crippen molar-refractivity contribution in [3.05, 3.63) is 41.6 Å². The van der Waals surface area contributed by atoms with Gasteiger partial charge in [-0.1, -0.05) is 6.92 Å². The Morgan fingerprint density at radius 3 is 2.92 bits per heavy atom. The first kappa shape index (κ1) is 17.5. The molecule has 0 aliphatic rings. The van der Waals surface area contributed by atoms with Crippen LogP contribution < -0.4 is 10.2 Å². The van der Waals surface area contributed by atoms with Gasteiger partial charge in [0, 0.05) is 38.0 Å². The SMILES string of the molecule is CCc1cc(C(=O)NCCC#N)ccc1N(C)c1cc2c(cn1)[nH]n2C. The van der Waals surface area contributed by atoms with Crippen LogP contribution in [0.3, 0.4) is 0 Å². The highest BCUT2D eigenvalue weighted by atomic mass is 16.1. The summed E-state index contributed by atoms with van der Waals surface area (Å²) in [5.74, 6) is 0.689. The Morgan fingerprint density at radius 1 is 1.42 bits per heavy atom. The molecule has 0 fully saturated rings. The Balaban J connectivity index is 1.86. The number of carbonyl (C=O) groups is 1. The number of H-pyrrole nitrogens is 1. The molecule has 2 heterocycles. The number of fused-ring (bicyclic) bond motifs is 1. The molecule has 7 heteroatoms. The van der Waals surface area contributed by atoms with Gasteiger partial charge in [0.15, 0.2) is 0 Å². The van der Waals surface area contributed by atoms with Crippen molar-refractivity contribution in [2.24, 2.45) is 7.05 Å². The van der Waals surface area contributed by atoms with Gasteiger partial charge in [-0.3, -0.25) is 14.6 Å². The van der Waals surface area contributed by atoms with E-state index in [0.717, 1.165) is 34.5 Å². The van der Waals surface area contributed by atoms with E-state index in [1.165, 1.54) is 0 Å². The quantitative estimate of drug-likeness (QED) is 0.669. The lowest BCUT2D eigenvalue weighted by atomic mass is 10.0. The first-order chi connectivity index (χ1) is 12.5. The second-order valence-electron chi connectivity index (χ2n) is 6.15. The van der Waals surface area contributed by atoms with E-state index in [1.54, 1.807) is 0 Å². The maximum absolute atomic E-state index is 12.2. The van der Waals surface area contributed by atoms with E-state index in [0.29, 0.717) is 18.5 Å². The van der Waals surface area contributed by atoms with E-state index in [2.05, 4.69) is 22.3 Å². The molecule has 1 amide bonds. The molecule has 2 aromatic heterocycles. The standard InChI is InChI=1S/C19H22N6O/c1-4-13-10-14(19(26)21-9-5-8-20)6-7-16(13)24(2)18-11-17-15(12-22-18)23-25(17)3/h6-7,10-12,23H,4-5,9H2,1-3H3,(H,21,26). The number of nitriles is 1. The second kappa shape index (κ2) is 7.31. The molecule has 1 aromatic carbocycles. The molecule has 0 spiro atoms. The summed E-state index contributed by atoms with van der Waals surface area (Å²) in [6.07, 6.45) is 2.93. The van der Waals surface area contributed by atoms with Crippen LogP contribution in [0.4, 0.5) is 11.5 Å². The molecule has 0 saturated carbocycles. The fourth-order valence-electron chi connectivity index (χ4n) is 2.96. The Bertz CT molecular complexity index is 978. The van der Waals surface area contributed by atoms with Gasteiger partial charge in [0.25, 0.3) is 5.91 Å². The largest absolute Gasteiger partial charge is 0.351 e. The smallest absolute Gasteiger partial charge is 0.251 e. The Kier molecular flexibility index (Phi) is 4.94. The molecule has 0 bridgehead atoms. The molecule has 0 saturated heterocycles. The van der Waals surface area contributed by atoms with Gasteiger partial charge in [-0.05, 0) is 30.2 Å². The van der Waals surface area contributed by atoms with Crippen molar-refractivity contribution in [3.8, 4) is 6.07 Å². The van der Waals surface area contributed by atoms with Crippen LogP contribution in [-0.4, -0.2) is 34.3 Å². The number of nitrogens with one attached hydrogen (secondary N) is 2. The summed E-state index contributed by atoms with van der Waals surface area (Å²) in [6.45, 7) is 2.42. The van der Waals surface area contributed by atoms with Crippen molar-refractivity contribution >= 4 is 28.4 Å². The number of pyridine rings is 1. The highest BCUT2D eigenvalue weighted by Crippen LogP contribution is 2.29. The number of amides is 1. The van der Waals surface area contributed by atoms with Gasteiger partial charge in [0.1, 0.15) is 5.82 Å². The maximum Gasteiger partial charge on any atom is 0.251 e. The monoisotopic (exact) mass is 350 g/mol. The minimum atomic E-state index is -0.156. The van der Waals surface area contributed by atoms with Crippen LogP contribution in [0.1, 0.15) is 29.3 Å². The zero-order chi connectivity index (χ0) is 18.7. The zero-order valence-corrected chi connectivity index (χ0v) is 15.2. The van der Waals surface area contributed by atoms with Gasteiger partial charge >= 0.3 is 0 Å². The van der Waals surface area contributed by atoms with Gasteiger partial charge in [0.05, 0.1) is 29.7 Å². The average molecular weight is 350 g/mol.